The number of carbonyl (C=O) groups is 1. The molecule has 0 saturated heterocycles. The summed E-state index contributed by atoms with van der Waals surface area (Å²) in [6, 6.07) is 3.72. The Morgan fingerprint density at radius 2 is 2.11 bits per heavy atom. The van der Waals surface area contributed by atoms with Gasteiger partial charge >= 0.3 is 5.97 Å². The van der Waals surface area contributed by atoms with E-state index in [1.807, 2.05) is 6.07 Å². The minimum atomic E-state index is -0.381. The number of ether oxygens (including phenoxy) is 1. The predicted octanol–water partition coefficient (Wildman–Crippen LogP) is 4.62. The fourth-order valence-electron chi connectivity index (χ4n) is 2.58. The molecule has 0 aliphatic heterocycles. The van der Waals surface area contributed by atoms with Gasteiger partial charge in [0.2, 0.25) is 0 Å². The van der Waals surface area contributed by atoms with Crippen LogP contribution in [-0.2, 0) is 11.2 Å². The van der Waals surface area contributed by atoms with Crippen LogP contribution in [0.15, 0.2) is 16.6 Å². The van der Waals surface area contributed by atoms with E-state index in [2.05, 4.69) is 15.9 Å². The average Bonchev–Trinajstić information content (AvgIpc) is 2.85. The molecule has 1 aliphatic carbocycles. The SMILES string of the molecule is COC(=O)c1cc(Br)cc(CC2CCCC2)c1Cl. The van der Waals surface area contributed by atoms with Crippen molar-refractivity contribution in [3.63, 3.8) is 0 Å². The Bertz CT molecular complexity index is 453. The lowest BCUT2D eigenvalue weighted by atomic mass is 9.96. The van der Waals surface area contributed by atoms with Crippen LogP contribution in [0.2, 0.25) is 5.02 Å². The number of halogens is 2. The summed E-state index contributed by atoms with van der Waals surface area (Å²) in [4.78, 5) is 11.6. The van der Waals surface area contributed by atoms with E-state index in [-0.39, 0.29) is 5.97 Å². The highest BCUT2D eigenvalue weighted by Crippen LogP contribution is 2.33. The molecule has 0 N–H and O–H groups in total. The van der Waals surface area contributed by atoms with Gasteiger partial charge in [0, 0.05) is 4.47 Å². The van der Waals surface area contributed by atoms with Gasteiger partial charge in [0.1, 0.15) is 0 Å². The maximum Gasteiger partial charge on any atom is 0.339 e. The summed E-state index contributed by atoms with van der Waals surface area (Å²) < 4.78 is 5.63. The standard InChI is InChI=1S/C14H16BrClO2/c1-18-14(17)12-8-11(15)7-10(13(12)16)6-9-4-2-3-5-9/h7-9H,2-6H2,1H3. The van der Waals surface area contributed by atoms with E-state index < -0.39 is 0 Å². The summed E-state index contributed by atoms with van der Waals surface area (Å²) in [5, 5.41) is 0.539. The second-order valence-electron chi connectivity index (χ2n) is 4.77. The molecule has 2 rings (SSSR count). The number of carbonyl (C=O) groups excluding carboxylic acids is 1. The molecule has 1 saturated carbocycles. The largest absolute Gasteiger partial charge is 0.465 e. The maximum absolute atomic E-state index is 11.6. The van der Waals surface area contributed by atoms with Crippen LogP contribution in [0.25, 0.3) is 0 Å². The molecule has 1 aromatic carbocycles. The Morgan fingerprint density at radius 1 is 1.44 bits per heavy atom. The summed E-state index contributed by atoms with van der Waals surface area (Å²) in [5.41, 5.74) is 1.49. The molecule has 98 valence electrons. The molecule has 1 fully saturated rings. The first-order valence-corrected chi connectivity index (χ1v) is 7.35. The van der Waals surface area contributed by atoms with E-state index in [0.29, 0.717) is 16.5 Å². The van der Waals surface area contributed by atoms with E-state index in [1.54, 1.807) is 6.07 Å². The Kier molecular flexibility index (Phi) is 4.68. The van der Waals surface area contributed by atoms with Crippen LogP contribution in [0.5, 0.6) is 0 Å². The molecule has 0 unspecified atom stereocenters. The van der Waals surface area contributed by atoms with Crippen molar-refractivity contribution in [2.24, 2.45) is 5.92 Å². The summed E-state index contributed by atoms with van der Waals surface area (Å²) >= 11 is 9.74. The van der Waals surface area contributed by atoms with E-state index in [4.69, 9.17) is 16.3 Å². The lowest BCUT2D eigenvalue weighted by molar-refractivity contribution is 0.0600. The normalized spacial score (nSPS) is 15.9. The molecule has 2 nitrogen and oxygen atoms in total. The van der Waals surface area contributed by atoms with Crippen molar-refractivity contribution in [3.8, 4) is 0 Å². The molecule has 1 aliphatic rings. The maximum atomic E-state index is 11.6. The third-order valence-electron chi connectivity index (χ3n) is 3.50. The molecule has 0 atom stereocenters. The average molecular weight is 332 g/mol. The van der Waals surface area contributed by atoms with Crippen molar-refractivity contribution in [2.75, 3.05) is 7.11 Å². The van der Waals surface area contributed by atoms with Crippen LogP contribution in [0.3, 0.4) is 0 Å². The number of hydrogen-bond donors (Lipinski definition) is 0. The van der Waals surface area contributed by atoms with Gasteiger partial charge in [-0.25, -0.2) is 4.79 Å². The van der Waals surface area contributed by atoms with Gasteiger partial charge < -0.3 is 4.74 Å². The summed E-state index contributed by atoms with van der Waals surface area (Å²) in [7, 11) is 1.37. The van der Waals surface area contributed by atoms with Gasteiger partial charge in [-0.15, -0.1) is 0 Å². The summed E-state index contributed by atoms with van der Waals surface area (Å²) in [6.45, 7) is 0. The predicted molar refractivity (Wildman–Crippen MR) is 76.2 cm³/mol. The first-order chi connectivity index (χ1) is 8.61. The summed E-state index contributed by atoms with van der Waals surface area (Å²) in [5.74, 6) is 0.316. The Hall–Kier alpha value is -0.540. The molecule has 0 heterocycles. The Balaban J connectivity index is 2.28. The van der Waals surface area contributed by atoms with Crippen molar-refractivity contribution in [1.82, 2.24) is 0 Å². The number of hydrogen-bond acceptors (Lipinski definition) is 2. The van der Waals surface area contributed by atoms with Crippen molar-refractivity contribution in [1.29, 1.82) is 0 Å². The highest BCUT2D eigenvalue weighted by Gasteiger charge is 2.20. The minimum Gasteiger partial charge on any atom is -0.465 e. The second kappa shape index (κ2) is 6.07. The highest BCUT2D eigenvalue weighted by molar-refractivity contribution is 9.10. The zero-order valence-electron chi connectivity index (χ0n) is 10.3. The minimum absolute atomic E-state index is 0.381. The molecule has 0 bridgehead atoms. The lowest BCUT2D eigenvalue weighted by Gasteiger charge is -2.13. The van der Waals surface area contributed by atoms with Gasteiger partial charge in [0.15, 0.2) is 0 Å². The quantitative estimate of drug-likeness (QED) is 0.755. The van der Waals surface area contributed by atoms with Crippen molar-refractivity contribution in [2.45, 2.75) is 32.1 Å². The topological polar surface area (TPSA) is 26.3 Å². The van der Waals surface area contributed by atoms with Crippen molar-refractivity contribution >= 4 is 33.5 Å². The lowest BCUT2D eigenvalue weighted by Crippen LogP contribution is -2.06. The summed E-state index contributed by atoms with van der Waals surface area (Å²) in [6.07, 6.45) is 6.08. The van der Waals surface area contributed by atoms with Crippen molar-refractivity contribution < 1.29 is 9.53 Å². The van der Waals surface area contributed by atoms with Crippen LogP contribution in [0.4, 0.5) is 0 Å². The molecular formula is C14H16BrClO2. The number of methoxy groups -OCH3 is 1. The van der Waals surface area contributed by atoms with Gasteiger partial charge in [-0.2, -0.15) is 0 Å². The monoisotopic (exact) mass is 330 g/mol. The smallest absolute Gasteiger partial charge is 0.339 e. The molecule has 0 aromatic heterocycles. The van der Waals surface area contributed by atoms with Crippen LogP contribution in [0.1, 0.15) is 41.6 Å². The number of esters is 1. The van der Waals surface area contributed by atoms with Crippen molar-refractivity contribution in [3.05, 3.63) is 32.8 Å². The van der Waals surface area contributed by atoms with Gasteiger partial charge in [0.25, 0.3) is 0 Å². The fraction of sp³-hybridized carbons (Fsp3) is 0.500. The zero-order chi connectivity index (χ0) is 13.1. The van der Waals surface area contributed by atoms with Crippen LogP contribution >= 0.6 is 27.5 Å². The fourth-order valence-corrected chi connectivity index (χ4v) is 3.35. The number of benzene rings is 1. The van der Waals surface area contributed by atoms with Crippen LogP contribution in [0, 0.1) is 5.92 Å². The molecule has 0 radical (unpaired) electrons. The third-order valence-corrected chi connectivity index (χ3v) is 4.41. The van der Waals surface area contributed by atoms with E-state index in [0.717, 1.165) is 16.5 Å². The van der Waals surface area contributed by atoms with E-state index >= 15 is 0 Å². The molecule has 18 heavy (non-hydrogen) atoms. The molecule has 0 spiro atoms. The van der Waals surface area contributed by atoms with Gasteiger partial charge in [-0.3, -0.25) is 0 Å². The molecule has 1 aromatic rings. The van der Waals surface area contributed by atoms with E-state index in [9.17, 15) is 4.79 Å². The van der Waals surface area contributed by atoms with Crippen LogP contribution < -0.4 is 0 Å². The molecule has 0 amide bonds. The van der Waals surface area contributed by atoms with Gasteiger partial charge in [-0.1, -0.05) is 53.2 Å². The van der Waals surface area contributed by atoms with Crippen LogP contribution in [-0.4, -0.2) is 13.1 Å². The highest BCUT2D eigenvalue weighted by atomic mass is 79.9. The zero-order valence-corrected chi connectivity index (χ0v) is 12.7. The Morgan fingerprint density at radius 3 is 2.72 bits per heavy atom. The second-order valence-corrected chi connectivity index (χ2v) is 6.07. The first kappa shape index (κ1) is 13.9. The Labute approximate surface area is 121 Å². The first-order valence-electron chi connectivity index (χ1n) is 6.18. The molecule has 4 heteroatoms. The van der Waals surface area contributed by atoms with Gasteiger partial charge in [-0.05, 0) is 30.0 Å². The van der Waals surface area contributed by atoms with Gasteiger partial charge in [0.05, 0.1) is 17.7 Å². The number of rotatable bonds is 3. The third kappa shape index (κ3) is 3.07. The molecular weight excluding hydrogens is 316 g/mol. The van der Waals surface area contributed by atoms with E-state index in [1.165, 1.54) is 32.8 Å².